The van der Waals surface area contributed by atoms with E-state index in [1.54, 1.807) is 17.7 Å². The number of rotatable bonds is 4. The first-order chi connectivity index (χ1) is 7.31. The van der Waals surface area contributed by atoms with Crippen LogP contribution in [0.2, 0.25) is 5.15 Å². The number of fused-ring (bicyclic) bond motifs is 1. The molecule has 0 saturated carbocycles. The van der Waals surface area contributed by atoms with Crippen LogP contribution < -0.4 is 5.32 Å². The molecule has 7 heteroatoms. The molecule has 2 aromatic heterocycles. The van der Waals surface area contributed by atoms with Crippen molar-refractivity contribution in [3.63, 3.8) is 0 Å². The van der Waals surface area contributed by atoms with E-state index in [4.69, 9.17) is 16.3 Å². The van der Waals surface area contributed by atoms with Gasteiger partial charge in [0.15, 0.2) is 0 Å². The van der Waals surface area contributed by atoms with Gasteiger partial charge in [0.2, 0.25) is 0 Å². The van der Waals surface area contributed by atoms with E-state index in [0.717, 1.165) is 5.82 Å². The van der Waals surface area contributed by atoms with Crippen LogP contribution >= 0.6 is 11.6 Å². The average molecular weight is 228 g/mol. The largest absolute Gasteiger partial charge is 0.383 e. The van der Waals surface area contributed by atoms with Gasteiger partial charge in [-0.25, -0.2) is 0 Å². The Labute approximate surface area is 91.2 Å². The lowest BCUT2D eigenvalue weighted by molar-refractivity contribution is 0.210. The van der Waals surface area contributed by atoms with Crippen molar-refractivity contribution in [3.05, 3.63) is 17.5 Å². The summed E-state index contributed by atoms with van der Waals surface area (Å²) < 4.78 is 6.52. The highest BCUT2D eigenvalue weighted by atomic mass is 35.5. The van der Waals surface area contributed by atoms with Gasteiger partial charge in [-0.3, -0.25) is 0 Å². The van der Waals surface area contributed by atoms with Crippen LogP contribution in [0.1, 0.15) is 0 Å². The third kappa shape index (κ3) is 2.16. The maximum atomic E-state index is 5.83. The number of ether oxygens (including phenoxy) is 1. The zero-order valence-electron chi connectivity index (χ0n) is 8.14. The molecule has 80 valence electrons. The second-order valence-corrected chi connectivity index (χ2v) is 3.24. The molecule has 6 nitrogen and oxygen atoms in total. The smallest absolute Gasteiger partial charge is 0.255 e. The summed E-state index contributed by atoms with van der Waals surface area (Å²) in [5.74, 6) is 1.22. The van der Waals surface area contributed by atoms with Crippen LogP contribution in [0.5, 0.6) is 0 Å². The number of methoxy groups -OCH3 is 1. The molecular formula is C8H10ClN5O. The third-order valence-corrected chi connectivity index (χ3v) is 2.03. The second-order valence-electron chi connectivity index (χ2n) is 2.86. The number of hydrogen-bond donors (Lipinski definition) is 1. The van der Waals surface area contributed by atoms with Crippen LogP contribution in [0.3, 0.4) is 0 Å². The van der Waals surface area contributed by atoms with Crippen LogP contribution in [0, 0.1) is 0 Å². The minimum absolute atomic E-state index is 0.385. The highest BCUT2D eigenvalue weighted by Gasteiger charge is 2.05. The predicted molar refractivity (Wildman–Crippen MR) is 56.2 cm³/mol. The van der Waals surface area contributed by atoms with Gasteiger partial charge in [0.05, 0.1) is 6.61 Å². The van der Waals surface area contributed by atoms with Crippen LogP contribution in [0.4, 0.5) is 5.82 Å². The summed E-state index contributed by atoms with van der Waals surface area (Å²) in [7, 11) is 1.65. The van der Waals surface area contributed by atoms with E-state index in [1.165, 1.54) is 6.33 Å². The number of nitrogens with one attached hydrogen (secondary N) is 1. The SMILES string of the molecule is COCCNc1cc(Cl)nc2ncnn12. The molecule has 0 aromatic carbocycles. The minimum atomic E-state index is 0.385. The molecule has 0 fully saturated rings. The first-order valence-corrected chi connectivity index (χ1v) is 4.78. The summed E-state index contributed by atoms with van der Waals surface area (Å²) in [6, 6.07) is 1.69. The van der Waals surface area contributed by atoms with E-state index in [9.17, 15) is 0 Å². The van der Waals surface area contributed by atoms with E-state index < -0.39 is 0 Å². The standard InChI is InChI=1S/C8H10ClN5O/c1-15-3-2-10-7-4-6(9)13-8-11-5-12-14(7)8/h4-5,10H,2-3H2,1H3. The van der Waals surface area contributed by atoms with Gasteiger partial charge in [0.25, 0.3) is 5.78 Å². The molecule has 0 saturated heterocycles. The molecule has 0 aliphatic heterocycles. The summed E-state index contributed by atoms with van der Waals surface area (Å²) in [6.45, 7) is 1.28. The Morgan fingerprint density at radius 1 is 1.60 bits per heavy atom. The maximum absolute atomic E-state index is 5.83. The van der Waals surface area contributed by atoms with Gasteiger partial charge in [-0.05, 0) is 0 Å². The van der Waals surface area contributed by atoms with Crippen LogP contribution in [-0.4, -0.2) is 39.8 Å². The van der Waals surface area contributed by atoms with E-state index in [1.807, 2.05) is 0 Å². The number of nitrogens with zero attached hydrogens (tertiary/aromatic N) is 4. The Morgan fingerprint density at radius 3 is 3.27 bits per heavy atom. The monoisotopic (exact) mass is 227 g/mol. The van der Waals surface area contributed by atoms with E-state index in [0.29, 0.717) is 24.1 Å². The Balaban J connectivity index is 2.27. The van der Waals surface area contributed by atoms with Gasteiger partial charge in [-0.2, -0.15) is 19.6 Å². The fourth-order valence-electron chi connectivity index (χ4n) is 1.19. The summed E-state index contributed by atoms with van der Waals surface area (Å²) in [5.41, 5.74) is 0. The molecule has 1 N–H and O–H groups in total. The lowest BCUT2D eigenvalue weighted by atomic mass is 10.5. The molecule has 0 aliphatic rings. The van der Waals surface area contributed by atoms with Crippen molar-refractivity contribution < 1.29 is 4.74 Å². The average Bonchev–Trinajstić information content (AvgIpc) is 2.65. The van der Waals surface area contributed by atoms with Crippen molar-refractivity contribution in [2.45, 2.75) is 0 Å². The van der Waals surface area contributed by atoms with E-state index >= 15 is 0 Å². The van der Waals surface area contributed by atoms with Crippen molar-refractivity contribution in [3.8, 4) is 0 Å². The molecule has 0 unspecified atom stereocenters. The molecule has 0 bridgehead atoms. The van der Waals surface area contributed by atoms with Gasteiger partial charge in [0, 0.05) is 19.7 Å². The fourth-order valence-corrected chi connectivity index (χ4v) is 1.37. The maximum Gasteiger partial charge on any atom is 0.255 e. The zero-order chi connectivity index (χ0) is 10.7. The van der Waals surface area contributed by atoms with Crippen molar-refractivity contribution in [2.24, 2.45) is 0 Å². The predicted octanol–water partition coefficient (Wildman–Crippen LogP) is 0.836. The lowest BCUT2D eigenvalue weighted by Gasteiger charge is -2.06. The molecule has 2 rings (SSSR count). The van der Waals surface area contributed by atoms with Crippen molar-refractivity contribution in [1.82, 2.24) is 19.6 Å². The molecule has 0 spiro atoms. The quantitative estimate of drug-likeness (QED) is 0.619. The molecule has 2 heterocycles. The summed E-state index contributed by atoms with van der Waals surface area (Å²) >= 11 is 5.83. The van der Waals surface area contributed by atoms with Crippen molar-refractivity contribution in [1.29, 1.82) is 0 Å². The number of aromatic nitrogens is 4. The molecule has 0 radical (unpaired) electrons. The Bertz CT molecular complexity index is 457. The van der Waals surface area contributed by atoms with Gasteiger partial charge in [0.1, 0.15) is 17.3 Å². The second kappa shape index (κ2) is 4.41. The Hall–Kier alpha value is -1.40. The number of anilines is 1. The van der Waals surface area contributed by atoms with Gasteiger partial charge in [-0.15, -0.1) is 0 Å². The summed E-state index contributed by atoms with van der Waals surface area (Å²) in [4.78, 5) is 7.96. The first kappa shape index (κ1) is 10.1. The summed E-state index contributed by atoms with van der Waals surface area (Å²) in [5, 5.41) is 7.53. The molecule has 2 aromatic rings. The van der Waals surface area contributed by atoms with Gasteiger partial charge >= 0.3 is 0 Å². The summed E-state index contributed by atoms with van der Waals surface area (Å²) in [6.07, 6.45) is 1.43. The van der Waals surface area contributed by atoms with Crippen LogP contribution in [-0.2, 0) is 4.74 Å². The topological polar surface area (TPSA) is 64.3 Å². The number of halogens is 1. The molecule has 15 heavy (non-hydrogen) atoms. The molecule has 0 aliphatic carbocycles. The Morgan fingerprint density at radius 2 is 2.47 bits per heavy atom. The van der Waals surface area contributed by atoms with Crippen LogP contribution in [0.15, 0.2) is 12.4 Å². The third-order valence-electron chi connectivity index (χ3n) is 1.83. The van der Waals surface area contributed by atoms with E-state index in [-0.39, 0.29) is 0 Å². The highest BCUT2D eigenvalue weighted by Crippen LogP contribution is 2.13. The van der Waals surface area contributed by atoms with Gasteiger partial charge in [-0.1, -0.05) is 11.6 Å². The minimum Gasteiger partial charge on any atom is -0.383 e. The highest BCUT2D eigenvalue weighted by molar-refractivity contribution is 6.29. The molecule has 0 atom stereocenters. The van der Waals surface area contributed by atoms with Gasteiger partial charge < -0.3 is 10.1 Å². The first-order valence-electron chi connectivity index (χ1n) is 4.40. The normalized spacial score (nSPS) is 10.8. The molecular weight excluding hydrogens is 218 g/mol. The van der Waals surface area contributed by atoms with Crippen LogP contribution in [0.25, 0.3) is 5.78 Å². The zero-order valence-corrected chi connectivity index (χ0v) is 8.90. The number of hydrogen-bond acceptors (Lipinski definition) is 5. The van der Waals surface area contributed by atoms with E-state index in [2.05, 4.69) is 20.4 Å². The fraction of sp³-hybridized carbons (Fsp3) is 0.375. The van der Waals surface area contributed by atoms with Crippen molar-refractivity contribution >= 4 is 23.2 Å². The molecule has 0 amide bonds. The van der Waals surface area contributed by atoms with Crippen molar-refractivity contribution in [2.75, 3.05) is 25.6 Å². The Kier molecular flexibility index (Phi) is 2.98. The lowest BCUT2D eigenvalue weighted by Crippen LogP contribution is -2.11.